The number of carbonyl (C=O) groups is 2. The van der Waals surface area contributed by atoms with Crippen molar-refractivity contribution in [2.24, 2.45) is 0 Å². The lowest BCUT2D eigenvalue weighted by atomic mass is 9.79. The van der Waals surface area contributed by atoms with E-state index in [1.807, 2.05) is 13.8 Å². The Labute approximate surface area is 505 Å². The second-order valence-electron chi connectivity index (χ2n) is 26.0. The van der Waals surface area contributed by atoms with E-state index in [9.17, 15) is 46.7 Å². The molecule has 0 aromatic heterocycles. The number of rotatable bonds is 18. The summed E-state index contributed by atoms with van der Waals surface area (Å²) in [7, 11) is -9.00. The predicted molar refractivity (Wildman–Crippen MR) is 331 cm³/mol. The Morgan fingerprint density at radius 1 is 0.419 bits per heavy atom. The smallest absolute Gasteiger partial charge is 0.271 e. The number of carbonyl (C=O) groups excluding carboxylic acids is 2. The van der Waals surface area contributed by atoms with Gasteiger partial charge in [0.15, 0.2) is 13.2 Å². The first-order chi connectivity index (χ1) is 40.0. The molecule has 0 heterocycles. The van der Waals surface area contributed by atoms with E-state index in [1.54, 1.807) is 0 Å². The van der Waals surface area contributed by atoms with Gasteiger partial charge in [0, 0.05) is 49.9 Å². The maximum atomic E-state index is 14.0. The highest BCUT2D eigenvalue weighted by Crippen LogP contribution is 2.45. The molecule has 0 atom stereocenters. The standard InChI is InChI=1S/C66H80N4O14S2/c1-15-25-81-59-41-27-45-35-51(65(9,10)11)37-47(61(45)83-39-57(71)67-85(77,78)55-21-17-53(18-22-55)69(73)74)29-43-33-50(64(6,7)8)34-44(60(43)82-26-16-2)30-48-38-52(66(12,13)14)36-46(28-42(59)32-49(31-41)63(3,4)5)62(48)84-40-58(72)68-86(79,80)56-23-19-54(20-24-56)70(75)76/h17-24,31-38H,15-16,25-30,39-40H2,1-14H3,(H,67,71)(H,68,72). The second kappa shape index (κ2) is 25.6. The molecule has 1 aliphatic rings. The van der Waals surface area contributed by atoms with Crippen molar-refractivity contribution in [2.75, 3.05) is 26.4 Å². The van der Waals surface area contributed by atoms with Crippen LogP contribution < -0.4 is 28.4 Å². The average molecular weight is 1220 g/mol. The second-order valence-corrected chi connectivity index (χ2v) is 29.4. The molecule has 460 valence electrons. The number of hydrogen-bond acceptors (Lipinski definition) is 14. The van der Waals surface area contributed by atoms with E-state index in [0.29, 0.717) is 71.3 Å². The monoisotopic (exact) mass is 1220 g/mol. The maximum absolute atomic E-state index is 14.0. The highest BCUT2D eigenvalue weighted by atomic mass is 32.2. The number of nitro groups is 2. The number of hydrogen-bond donors (Lipinski definition) is 2. The minimum atomic E-state index is -4.50. The Hall–Kier alpha value is -7.84. The molecule has 18 nitrogen and oxygen atoms in total. The molecule has 20 heteroatoms. The number of sulfonamides is 2. The van der Waals surface area contributed by atoms with E-state index in [2.05, 4.69) is 141 Å². The Balaban J connectivity index is 1.51. The number of non-ortho nitro benzene ring substituents is 2. The van der Waals surface area contributed by atoms with Crippen molar-refractivity contribution in [3.05, 3.63) is 184 Å². The fourth-order valence-electron chi connectivity index (χ4n) is 10.0. The van der Waals surface area contributed by atoms with Crippen LogP contribution >= 0.6 is 0 Å². The Bertz CT molecular complexity index is 3450. The molecule has 7 rings (SSSR count). The van der Waals surface area contributed by atoms with Crippen molar-refractivity contribution >= 4 is 43.2 Å². The van der Waals surface area contributed by atoms with E-state index in [-0.39, 0.29) is 46.8 Å². The van der Waals surface area contributed by atoms with Crippen LogP contribution in [-0.2, 0) is 77.0 Å². The van der Waals surface area contributed by atoms with Gasteiger partial charge in [0.1, 0.15) is 23.0 Å². The van der Waals surface area contributed by atoms with Crippen LogP contribution in [0.3, 0.4) is 0 Å². The summed E-state index contributed by atoms with van der Waals surface area (Å²) in [5, 5.41) is 22.8. The molecule has 1 aliphatic carbocycles. The molecule has 86 heavy (non-hydrogen) atoms. The van der Waals surface area contributed by atoms with Crippen LogP contribution in [0.2, 0.25) is 0 Å². The van der Waals surface area contributed by atoms with Crippen molar-refractivity contribution in [1.29, 1.82) is 0 Å². The van der Waals surface area contributed by atoms with E-state index < -0.39 is 76.6 Å². The lowest BCUT2D eigenvalue weighted by Gasteiger charge is -2.29. The van der Waals surface area contributed by atoms with E-state index in [0.717, 1.165) is 93.0 Å². The molecule has 2 N–H and O–H groups in total. The van der Waals surface area contributed by atoms with Crippen LogP contribution in [0.15, 0.2) is 107 Å². The first kappa shape index (κ1) is 65.7. The van der Waals surface area contributed by atoms with Crippen LogP contribution in [0.4, 0.5) is 11.4 Å². The fourth-order valence-corrected chi connectivity index (χ4v) is 12.0. The van der Waals surface area contributed by atoms with Gasteiger partial charge in [0.25, 0.3) is 43.2 Å². The highest BCUT2D eigenvalue weighted by Gasteiger charge is 2.31. The minimum Gasteiger partial charge on any atom is -0.493 e. The van der Waals surface area contributed by atoms with Gasteiger partial charge in [-0.05, 0) is 126 Å². The molecule has 0 fully saturated rings. The predicted octanol–water partition coefficient (Wildman–Crippen LogP) is 12.7. The SMILES string of the molecule is CCCOc1c2cc(C(C)(C)C)cc1Cc1cc(C(C)(C)C)cc(c1OCC(=O)NS(=O)(=O)c1ccc([N+](=O)[O-])cc1)Cc1cc(C(C)(C)C)cc(c1OCCC)Cc1cc(C(C)(C)C)cc(c1OCC(=O)NS(=O)(=O)c1ccc([N+](=O)[O-])cc1)C2. The zero-order valence-corrected chi connectivity index (χ0v) is 53.4. The Morgan fingerprint density at radius 3 is 0.837 bits per heavy atom. The van der Waals surface area contributed by atoms with Crippen molar-refractivity contribution in [2.45, 2.75) is 167 Å². The Kier molecular flexibility index (Phi) is 19.6. The molecule has 6 aromatic carbocycles. The van der Waals surface area contributed by atoms with E-state index in [1.165, 1.54) is 0 Å². The quantitative estimate of drug-likeness (QED) is 0.0599. The number of nitrogens with zero attached hydrogens (tertiary/aromatic N) is 2. The normalized spacial score (nSPS) is 13.1. The lowest BCUT2D eigenvalue weighted by molar-refractivity contribution is -0.385. The van der Waals surface area contributed by atoms with Crippen molar-refractivity contribution in [3.8, 4) is 23.0 Å². The maximum Gasteiger partial charge on any atom is 0.271 e. The molecule has 0 aliphatic heterocycles. The van der Waals surface area contributed by atoms with Gasteiger partial charge < -0.3 is 18.9 Å². The minimum absolute atomic E-state index is 0.206. The summed E-state index contributed by atoms with van der Waals surface area (Å²) in [4.78, 5) is 48.7. The number of fused-ring (bicyclic) bond motifs is 8. The van der Waals surface area contributed by atoms with Gasteiger partial charge in [-0.2, -0.15) is 0 Å². The van der Waals surface area contributed by atoms with E-state index >= 15 is 0 Å². The third-order valence-corrected chi connectivity index (χ3v) is 17.5. The van der Waals surface area contributed by atoms with Crippen LogP contribution in [0.5, 0.6) is 23.0 Å². The summed E-state index contributed by atoms with van der Waals surface area (Å²) in [6.07, 6.45) is 2.13. The topological polar surface area (TPSA) is 250 Å². The zero-order chi connectivity index (χ0) is 63.5. The summed E-state index contributed by atoms with van der Waals surface area (Å²) in [5.41, 5.74) is 7.40. The fraction of sp³-hybridized carbons (Fsp3) is 0.424. The summed E-state index contributed by atoms with van der Waals surface area (Å²) in [6.45, 7) is 28.6. The first-order valence-corrected chi connectivity index (χ1v) is 31.7. The molecule has 6 aromatic rings. The number of benzene rings is 6. The van der Waals surface area contributed by atoms with Crippen molar-refractivity contribution in [3.63, 3.8) is 0 Å². The van der Waals surface area contributed by atoms with Crippen molar-refractivity contribution in [1.82, 2.24) is 9.44 Å². The molecule has 2 amide bonds. The number of nitro benzene ring substituents is 2. The Morgan fingerprint density at radius 2 is 0.640 bits per heavy atom. The molecular formula is C66H80N4O14S2. The van der Waals surface area contributed by atoms with Gasteiger partial charge in [-0.1, -0.05) is 145 Å². The van der Waals surface area contributed by atoms with Crippen LogP contribution in [0, 0.1) is 20.2 Å². The lowest BCUT2D eigenvalue weighted by Crippen LogP contribution is -2.34. The molecule has 0 unspecified atom stereocenters. The summed E-state index contributed by atoms with van der Waals surface area (Å²) < 4.78 is 85.8. The summed E-state index contributed by atoms with van der Waals surface area (Å²) in [5.74, 6) is -0.0797. The van der Waals surface area contributed by atoms with Crippen LogP contribution in [-0.4, -0.2) is 64.9 Å². The molecule has 0 saturated carbocycles. The van der Waals surface area contributed by atoms with Gasteiger partial charge in [-0.15, -0.1) is 0 Å². The van der Waals surface area contributed by atoms with Crippen LogP contribution in [0.25, 0.3) is 0 Å². The number of ether oxygens (including phenoxy) is 4. The van der Waals surface area contributed by atoms with Gasteiger partial charge in [0.2, 0.25) is 0 Å². The molecule has 0 saturated heterocycles. The number of amides is 2. The molecular weight excluding hydrogens is 1140 g/mol. The van der Waals surface area contributed by atoms with Crippen molar-refractivity contribution < 1.29 is 55.2 Å². The van der Waals surface area contributed by atoms with Crippen LogP contribution in [0.1, 0.15) is 177 Å². The third kappa shape index (κ3) is 16.0. The largest absolute Gasteiger partial charge is 0.493 e. The van der Waals surface area contributed by atoms with Gasteiger partial charge in [-0.25, -0.2) is 26.3 Å². The summed E-state index contributed by atoms with van der Waals surface area (Å²) >= 11 is 0. The molecule has 0 radical (unpaired) electrons. The van der Waals surface area contributed by atoms with Gasteiger partial charge >= 0.3 is 0 Å². The van der Waals surface area contributed by atoms with Gasteiger partial charge in [-0.3, -0.25) is 29.8 Å². The zero-order valence-electron chi connectivity index (χ0n) is 51.7. The molecule has 0 spiro atoms. The average Bonchev–Trinajstić information content (AvgIpc) is 1.23. The number of nitrogens with one attached hydrogen (secondary N) is 2. The van der Waals surface area contributed by atoms with E-state index in [4.69, 9.17) is 18.9 Å². The highest BCUT2D eigenvalue weighted by molar-refractivity contribution is 7.90. The first-order valence-electron chi connectivity index (χ1n) is 28.8. The van der Waals surface area contributed by atoms with Gasteiger partial charge in [0.05, 0.1) is 32.9 Å². The third-order valence-electron chi connectivity index (χ3n) is 14.8. The molecule has 8 bridgehead atoms. The summed E-state index contributed by atoms with van der Waals surface area (Å²) in [6, 6.07) is 25.1.